The fourth-order valence-corrected chi connectivity index (χ4v) is 4.63. The molecule has 1 saturated heterocycles. The normalized spacial score (nSPS) is 16.6. The SMILES string of the molecule is Cc1nc2ccc(NC(=O)N3CCN(S(=O)(=O)N(C)C)CC3)cc2s1. The predicted molar refractivity (Wildman–Crippen MR) is 99.1 cm³/mol. The maximum absolute atomic E-state index is 12.4. The fraction of sp³-hybridized carbons (Fsp3) is 0.467. The molecule has 25 heavy (non-hydrogen) atoms. The number of piperazine rings is 1. The number of nitrogens with one attached hydrogen (secondary N) is 1. The molecule has 8 nitrogen and oxygen atoms in total. The maximum atomic E-state index is 12.4. The van der Waals surface area contributed by atoms with Crippen molar-refractivity contribution in [3.63, 3.8) is 0 Å². The molecule has 0 atom stereocenters. The average Bonchev–Trinajstić information content (AvgIpc) is 2.94. The Balaban J connectivity index is 1.62. The summed E-state index contributed by atoms with van der Waals surface area (Å²) in [5.41, 5.74) is 1.63. The van der Waals surface area contributed by atoms with E-state index in [4.69, 9.17) is 0 Å². The molecule has 0 saturated carbocycles. The fourth-order valence-electron chi connectivity index (χ4n) is 2.67. The van der Waals surface area contributed by atoms with Crippen LogP contribution in [0.3, 0.4) is 0 Å². The third kappa shape index (κ3) is 3.76. The first kappa shape index (κ1) is 18.1. The van der Waals surface area contributed by atoms with Gasteiger partial charge in [-0.25, -0.2) is 9.78 Å². The van der Waals surface area contributed by atoms with Crippen LogP contribution in [0, 0.1) is 6.92 Å². The molecule has 1 aromatic heterocycles. The van der Waals surface area contributed by atoms with Gasteiger partial charge in [0.1, 0.15) is 0 Å². The average molecular weight is 383 g/mol. The molecule has 0 aliphatic carbocycles. The summed E-state index contributed by atoms with van der Waals surface area (Å²) in [4.78, 5) is 18.4. The number of benzene rings is 1. The van der Waals surface area contributed by atoms with E-state index >= 15 is 0 Å². The summed E-state index contributed by atoms with van der Waals surface area (Å²) in [6.07, 6.45) is 0. The Labute approximate surface area is 151 Å². The topological polar surface area (TPSA) is 85.9 Å². The van der Waals surface area contributed by atoms with Gasteiger partial charge < -0.3 is 10.2 Å². The van der Waals surface area contributed by atoms with Crippen LogP contribution < -0.4 is 5.32 Å². The van der Waals surface area contributed by atoms with E-state index in [1.54, 1.807) is 16.2 Å². The van der Waals surface area contributed by atoms with Crippen LogP contribution in [0.5, 0.6) is 0 Å². The number of carbonyl (C=O) groups excluding carboxylic acids is 1. The van der Waals surface area contributed by atoms with E-state index in [0.717, 1.165) is 15.2 Å². The zero-order valence-electron chi connectivity index (χ0n) is 14.4. The highest BCUT2D eigenvalue weighted by atomic mass is 32.2. The highest BCUT2D eigenvalue weighted by Gasteiger charge is 2.30. The van der Waals surface area contributed by atoms with Crippen LogP contribution in [0.2, 0.25) is 0 Å². The quantitative estimate of drug-likeness (QED) is 0.872. The van der Waals surface area contributed by atoms with Gasteiger partial charge in [-0.15, -0.1) is 11.3 Å². The smallest absolute Gasteiger partial charge is 0.321 e. The second kappa shape index (κ2) is 6.87. The molecule has 1 aromatic carbocycles. The van der Waals surface area contributed by atoms with Crippen molar-refractivity contribution in [2.75, 3.05) is 45.6 Å². The van der Waals surface area contributed by atoms with Gasteiger partial charge in [-0.1, -0.05) is 0 Å². The lowest BCUT2D eigenvalue weighted by molar-refractivity contribution is 0.182. The van der Waals surface area contributed by atoms with E-state index in [2.05, 4.69) is 10.3 Å². The molecule has 1 aliphatic heterocycles. The highest BCUT2D eigenvalue weighted by Crippen LogP contribution is 2.25. The Morgan fingerprint density at radius 2 is 1.92 bits per heavy atom. The Morgan fingerprint density at radius 1 is 1.24 bits per heavy atom. The van der Waals surface area contributed by atoms with Crippen molar-refractivity contribution in [3.8, 4) is 0 Å². The Morgan fingerprint density at radius 3 is 2.56 bits per heavy atom. The first-order valence-electron chi connectivity index (χ1n) is 7.88. The largest absolute Gasteiger partial charge is 0.322 e. The number of urea groups is 1. The number of fused-ring (bicyclic) bond motifs is 1. The molecule has 0 bridgehead atoms. The van der Waals surface area contributed by atoms with Gasteiger partial charge in [-0.3, -0.25) is 0 Å². The van der Waals surface area contributed by atoms with Crippen molar-refractivity contribution < 1.29 is 13.2 Å². The third-order valence-electron chi connectivity index (χ3n) is 4.06. The molecule has 1 fully saturated rings. The first-order valence-corrected chi connectivity index (χ1v) is 10.1. The molecule has 3 rings (SSSR count). The summed E-state index contributed by atoms with van der Waals surface area (Å²) in [6.45, 7) is 3.26. The molecular weight excluding hydrogens is 362 g/mol. The lowest BCUT2D eigenvalue weighted by Crippen LogP contribution is -2.53. The van der Waals surface area contributed by atoms with Crippen molar-refractivity contribution in [2.24, 2.45) is 0 Å². The number of anilines is 1. The van der Waals surface area contributed by atoms with Crippen LogP contribution in [0.1, 0.15) is 5.01 Å². The zero-order valence-corrected chi connectivity index (χ0v) is 16.0. The minimum atomic E-state index is -3.43. The van der Waals surface area contributed by atoms with Gasteiger partial charge in [0, 0.05) is 46.0 Å². The van der Waals surface area contributed by atoms with Crippen molar-refractivity contribution in [1.82, 2.24) is 18.5 Å². The van der Waals surface area contributed by atoms with Gasteiger partial charge in [-0.05, 0) is 25.1 Å². The van der Waals surface area contributed by atoms with Gasteiger partial charge >= 0.3 is 6.03 Å². The molecule has 10 heteroatoms. The van der Waals surface area contributed by atoms with Crippen molar-refractivity contribution in [3.05, 3.63) is 23.2 Å². The summed E-state index contributed by atoms with van der Waals surface area (Å²) in [5, 5.41) is 3.86. The summed E-state index contributed by atoms with van der Waals surface area (Å²) in [5.74, 6) is 0. The molecule has 0 unspecified atom stereocenters. The minimum absolute atomic E-state index is 0.220. The molecule has 2 amide bonds. The number of thiazole rings is 1. The van der Waals surface area contributed by atoms with Crippen LogP contribution >= 0.6 is 11.3 Å². The highest BCUT2D eigenvalue weighted by molar-refractivity contribution is 7.86. The van der Waals surface area contributed by atoms with E-state index < -0.39 is 10.2 Å². The van der Waals surface area contributed by atoms with E-state index in [9.17, 15) is 13.2 Å². The van der Waals surface area contributed by atoms with Gasteiger partial charge in [-0.2, -0.15) is 17.0 Å². The van der Waals surface area contributed by atoms with Gasteiger partial charge in [0.2, 0.25) is 0 Å². The zero-order chi connectivity index (χ0) is 18.2. The van der Waals surface area contributed by atoms with Crippen LogP contribution in [-0.4, -0.2) is 73.2 Å². The summed E-state index contributed by atoms with van der Waals surface area (Å²) in [7, 11) is -0.416. The molecule has 2 aromatic rings. The molecule has 1 aliphatic rings. The summed E-state index contributed by atoms with van der Waals surface area (Å²) in [6, 6.07) is 5.40. The van der Waals surface area contributed by atoms with Crippen LogP contribution in [0.25, 0.3) is 10.2 Å². The molecule has 136 valence electrons. The number of amides is 2. The molecule has 0 spiro atoms. The van der Waals surface area contributed by atoms with Crippen molar-refractivity contribution >= 4 is 43.5 Å². The van der Waals surface area contributed by atoms with Gasteiger partial charge in [0.15, 0.2) is 0 Å². The second-order valence-electron chi connectivity index (χ2n) is 6.02. The number of carbonyl (C=O) groups is 1. The van der Waals surface area contributed by atoms with Crippen molar-refractivity contribution in [1.29, 1.82) is 0 Å². The Kier molecular flexibility index (Phi) is 4.96. The van der Waals surface area contributed by atoms with E-state index in [0.29, 0.717) is 31.9 Å². The molecule has 2 heterocycles. The van der Waals surface area contributed by atoms with Gasteiger partial charge in [0.25, 0.3) is 10.2 Å². The Bertz CT molecular complexity index is 886. The Hall–Kier alpha value is -1.75. The predicted octanol–water partition coefficient (Wildman–Crippen LogP) is 1.56. The monoisotopic (exact) mass is 383 g/mol. The second-order valence-corrected chi connectivity index (χ2v) is 9.40. The minimum Gasteiger partial charge on any atom is -0.322 e. The molecular formula is C15H21N5O3S2. The number of hydrogen-bond acceptors (Lipinski definition) is 5. The molecule has 0 radical (unpaired) electrons. The van der Waals surface area contributed by atoms with Crippen molar-refractivity contribution in [2.45, 2.75) is 6.92 Å². The van der Waals surface area contributed by atoms with E-state index in [1.807, 2.05) is 25.1 Å². The van der Waals surface area contributed by atoms with Crippen LogP contribution in [0.4, 0.5) is 10.5 Å². The summed E-state index contributed by atoms with van der Waals surface area (Å²) < 4.78 is 27.8. The lowest BCUT2D eigenvalue weighted by Gasteiger charge is -2.35. The van der Waals surface area contributed by atoms with Crippen LogP contribution in [-0.2, 0) is 10.2 Å². The first-order chi connectivity index (χ1) is 11.8. The number of aryl methyl sites for hydroxylation is 1. The number of nitrogens with zero attached hydrogens (tertiary/aromatic N) is 4. The molecule has 1 N–H and O–H groups in total. The summed E-state index contributed by atoms with van der Waals surface area (Å²) >= 11 is 1.58. The third-order valence-corrected chi connectivity index (χ3v) is 6.93. The standard InChI is InChI=1S/C15H21N5O3S2/c1-11-16-13-5-4-12(10-14(13)24-11)17-15(21)19-6-8-20(9-7-19)25(22,23)18(2)3/h4-5,10H,6-9H2,1-3H3,(H,17,21). The lowest BCUT2D eigenvalue weighted by atomic mass is 10.3. The van der Waals surface area contributed by atoms with Crippen LogP contribution in [0.15, 0.2) is 18.2 Å². The number of hydrogen-bond donors (Lipinski definition) is 1. The number of rotatable bonds is 3. The maximum Gasteiger partial charge on any atom is 0.321 e. The van der Waals surface area contributed by atoms with E-state index in [1.165, 1.54) is 22.7 Å². The number of aromatic nitrogens is 1. The van der Waals surface area contributed by atoms with Gasteiger partial charge in [0.05, 0.1) is 15.2 Å². The van der Waals surface area contributed by atoms with E-state index in [-0.39, 0.29) is 6.03 Å².